The molecule has 0 aromatic heterocycles. The van der Waals surface area contributed by atoms with Gasteiger partial charge in [-0.1, -0.05) is 105 Å². The molecule has 0 saturated carbocycles. The molecule has 0 saturated heterocycles. The van der Waals surface area contributed by atoms with E-state index in [1.54, 1.807) is 0 Å². The lowest BCUT2D eigenvalue weighted by atomic mass is 9.81. The first kappa shape index (κ1) is 16.1. The Morgan fingerprint density at radius 2 is 1.15 bits per heavy atom. The summed E-state index contributed by atoms with van der Waals surface area (Å²) >= 11 is 0. The van der Waals surface area contributed by atoms with Crippen molar-refractivity contribution < 1.29 is 0 Å². The van der Waals surface area contributed by atoms with Crippen LogP contribution in [-0.2, 0) is 5.41 Å². The van der Waals surface area contributed by atoms with Crippen LogP contribution in [0.3, 0.4) is 0 Å². The van der Waals surface area contributed by atoms with Crippen molar-refractivity contribution in [2.75, 3.05) is 0 Å². The lowest BCUT2D eigenvalue weighted by Gasteiger charge is -2.22. The molecule has 0 heteroatoms. The van der Waals surface area contributed by atoms with Gasteiger partial charge in [-0.25, -0.2) is 0 Å². The van der Waals surface area contributed by atoms with Gasteiger partial charge in [-0.3, -0.25) is 0 Å². The van der Waals surface area contributed by atoms with Gasteiger partial charge < -0.3 is 0 Å². The monoisotopic (exact) mass is 346 g/mol. The fraction of sp³-hybridized carbons (Fsp3) is 0.111. The van der Waals surface area contributed by atoms with Crippen molar-refractivity contribution in [3.05, 3.63) is 108 Å². The molecule has 0 amide bonds. The zero-order valence-corrected chi connectivity index (χ0v) is 15.7. The molecule has 5 rings (SSSR count). The van der Waals surface area contributed by atoms with Gasteiger partial charge in [-0.2, -0.15) is 0 Å². The molecule has 0 bridgehead atoms. The van der Waals surface area contributed by atoms with Crippen LogP contribution in [0.5, 0.6) is 0 Å². The molecule has 0 N–H and O–H groups in total. The Hall–Kier alpha value is -3.12. The number of hydrogen-bond donors (Lipinski definition) is 0. The van der Waals surface area contributed by atoms with Crippen molar-refractivity contribution in [3.8, 4) is 33.4 Å². The lowest BCUT2D eigenvalue weighted by Crippen LogP contribution is -2.15. The Balaban J connectivity index is 1.75. The molecule has 0 heterocycles. The Morgan fingerprint density at radius 3 is 1.85 bits per heavy atom. The summed E-state index contributed by atoms with van der Waals surface area (Å²) in [4.78, 5) is 0. The number of rotatable bonds is 2. The summed E-state index contributed by atoms with van der Waals surface area (Å²) in [5.74, 6) is 0. The van der Waals surface area contributed by atoms with Crippen LogP contribution in [0.1, 0.15) is 25.0 Å². The lowest BCUT2D eigenvalue weighted by molar-refractivity contribution is 0.660. The smallest absolute Gasteiger partial charge is 0.0159 e. The molecule has 1 aliphatic carbocycles. The van der Waals surface area contributed by atoms with E-state index in [0.29, 0.717) is 0 Å². The minimum Gasteiger partial charge on any atom is -0.0622 e. The maximum Gasteiger partial charge on any atom is 0.0159 e. The summed E-state index contributed by atoms with van der Waals surface area (Å²) in [5, 5.41) is 0. The quantitative estimate of drug-likeness (QED) is 0.356. The highest BCUT2D eigenvalue weighted by Gasteiger charge is 2.36. The van der Waals surface area contributed by atoms with E-state index in [1.807, 2.05) is 0 Å². The molecule has 0 nitrogen and oxygen atoms in total. The van der Waals surface area contributed by atoms with Crippen molar-refractivity contribution in [1.29, 1.82) is 0 Å². The van der Waals surface area contributed by atoms with Crippen molar-refractivity contribution in [2.45, 2.75) is 19.3 Å². The van der Waals surface area contributed by atoms with Crippen LogP contribution in [0.2, 0.25) is 0 Å². The van der Waals surface area contributed by atoms with Crippen molar-refractivity contribution in [3.63, 3.8) is 0 Å². The van der Waals surface area contributed by atoms with Gasteiger partial charge in [0.05, 0.1) is 0 Å². The van der Waals surface area contributed by atoms with Gasteiger partial charge in [-0.05, 0) is 50.6 Å². The first-order valence-corrected chi connectivity index (χ1v) is 9.55. The number of hydrogen-bond acceptors (Lipinski definition) is 0. The highest BCUT2D eigenvalue weighted by atomic mass is 14.4. The largest absolute Gasteiger partial charge is 0.0622 e. The van der Waals surface area contributed by atoms with E-state index in [0.717, 1.165) is 0 Å². The van der Waals surface area contributed by atoms with Gasteiger partial charge >= 0.3 is 0 Å². The van der Waals surface area contributed by atoms with E-state index in [9.17, 15) is 0 Å². The maximum absolute atomic E-state index is 2.39. The van der Waals surface area contributed by atoms with Gasteiger partial charge in [0.1, 0.15) is 0 Å². The second-order valence-corrected chi connectivity index (χ2v) is 7.85. The Kier molecular flexibility index (Phi) is 3.55. The highest BCUT2D eigenvalue weighted by Crippen LogP contribution is 2.52. The van der Waals surface area contributed by atoms with E-state index in [4.69, 9.17) is 0 Å². The van der Waals surface area contributed by atoms with E-state index in [2.05, 4.69) is 111 Å². The van der Waals surface area contributed by atoms with Crippen molar-refractivity contribution in [1.82, 2.24) is 0 Å². The van der Waals surface area contributed by atoms with Crippen LogP contribution in [0.15, 0.2) is 97.1 Å². The predicted molar refractivity (Wildman–Crippen MR) is 115 cm³/mol. The molecular formula is C27H22. The molecule has 0 spiro atoms. The molecule has 0 aliphatic heterocycles. The summed E-state index contributed by atoms with van der Waals surface area (Å²) in [7, 11) is 0. The molecule has 1 aliphatic rings. The minimum absolute atomic E-state index is 0.000245. The SMILES string of the molecule is CC1(C)c2cc(-c3ccccc3)ccc2-c2c(-c3ccccc3)cccc21. The van der Waals surface area contributed by atoms with Gasteiger partial charge in [-0.15, -0.1) is 0 Å². The standard InChI is InChI=1S/C27H22/c1-27(2)24-15-9-14-22(20-12-7-4-8-13-20)26(24)23-17-16-21(18-25(23)27)19-10-5-3-6-11-19/h3-18H,1-2H3. The molecule has 0 unspecified atom stereocenters. The normalized spacial score (nSPS) is 13.9. The number of benzene rings is 4. The molecule has 0 fully saturated rings. The minimum atomic E-state index is 0.000245. The van der Waals surface area contributed by atoms with E-state index in [1.165, 1.54) is 44.5 Å². The van der Waals surface area contributed by atoms with Gasteiger partial charge in [0.15, 0.2) is 0 Å². The van der Waals surface area contributed by atoms with Crippen molar-refractivity contribution in [2.24, 2.45) is 0 Å². The predicted octanol–water partition coefficient (Wildman–Crippen LogP) is 7.33. The average molecular weight is 346 g/mol. The Bertz CT molecular complexity index is 1120. The molecule has 27 heavy (non-hydrogen) atoms. The maximum atomic E-state index is 2.39. The van der Waals surface area contributed by atoms with Crippen molar-refractivity contribution >= 4 is 0 Å². The fourth-order valence-corrected chi connectivity index (χ4v) is 4.46. The Labute approximate surface area is 161 Å². The molecule has 130 valence electrons. The van der Waals surface area contributed by atoms with Crippen LogP contribution in [-0.4, -0.2) is 0 Å². The molecule has 4 aromatic rings. The average Bonchev–Trinajstić information content (AvgIpc) is 2.96. The summed E-state index contributed by atoms with van der Waals surface area (Å²) in [6.07, 6.45) is 0. The van der Waals surface area contributed by atoms with E-state index >= 15 is 0 Å². The van der Waals surface area contributed by atoms with Crippen LogP contribution >= 0.6 is 0 Å². The summed E-state index contributed by atoms with van der Waals surface area (Å²) in [6.45, 7) is 4.70. The first-order chi connectivity index (χ1) is 13.2. The molecule has 0 atom stereocenters. The molecule has 4 aromatic carbocycles. The van der Waals surface area contributed by atoms with Crippen LogP contribution < -0.4 is 0 Å². The van der Waals surface area contributed by atoms with Crippen LogP contribution in [0.25, 0.3) is 33.4 Å². The Morgan fingerprint density at radius 1 is 0.481 bits per heavy atom. The first-order valence-electron chi connectivity index (χ1n) is 9.55. The fourth-order valence-electron chi connectivity index (χ4n) is 4.46. The van der Waals surface area contributed by atoms with Gasteiger partial charge in [0, 0.05) is 5.41 Å². The van der Waals surface area contributed by atoms with Crippen LogP contribution in [0.4, 0.5) is 0 Å². The van der Waals surface area contributed by atoms with Gasteiger partial charge in [0.2, 0.25) is 0 Å². The van der Waals surface area contributed by atoms with E-state index in [-0.39, 0.29) is 5.41 Å². The third-order valence-corrected chi connectivity index (χ3v) is 5.89. The number of fused-ring (bicyclic) bond motifs is 3. The second kappa shape index (κ2) is 5.96. The highest BCUT2D eigenvalue weighted by molar-refractivity contribution is 5.93. The zero-order chi connectivity index (χ0) is 18.4. The van der Waals surface area contributed by atoms with E-state index < -0.39 is 0 Å². The topological polar surface area (TPSA) is 0 Å². The third-order valence-electron chi connectivity index (χ3n) is 5.89. The summed E-state index contributed by atoms with van der Waals surface area (Å²) < 4.78 is 0. The molecule has 0 radical (unpaired) electrons. The summed E-state index contributed by atoms with van der Waals surface area (Å²) in [5.41, 5.74) is 10.8. The van der Waals surface area contributed by atoms with Crippen LogP contribution in [0, 0.1) is 0 Å². The zero-order valence-electron chi connectivity index (χ0n) is 15.7. The van der Waals surface area contributed by atoms with Gasteiger partial charge in [0.25, 0.3) is 0 Å². The summed E-state index contributed by atoms with van der Waals surface area (Å²) in [6, 6.07) is 35.1. The second-order valence-electron chi connectivity index (χ2n) is 7.85. The molecular weight excluding hydrogens is 324 g/mol. The third kappa shape index (κ3) is 2.44.